The van der Waals surface area contributed by atoms with Crippen LogP contribution < -0.4 is 10.6 Å². The number of anilines is 2. The molecule has 0 saturated heterocycles. The molecule has 0 atom stereocenters. The summed E-state index contributed by atoms with van der Waals surface area (Å²) in [5.41, 5.74) is -0.161. The van der Waals surface area contributed by atoms with Crippen LogP contribution in [0, 0.1) is 20.2 Å². The van der Waals surface area contributed by atoms with E-state index in [-0.39, 0.29) is 22.1 Å². The van der Waals surface area contributed by atoms with E-state index in [9.17, 15) is 25.0 Å². The number of carbonyl (C=O) groups excluding carboxylic acids is 1. The number of nitrogens with zero attached hydrogens (tertiary/aromatic N) is 2. The molecular weight excluding hydrogens is 268 g/mol. The van der Waals surface area contributed by atoms with Gasteiger partial charge in [-0.1, -0.05) is 0 Å². The third kappa shape index (κ3) is 1.53. The summed E-state index contributed by atoms with van der Waals surface area (Å²) in [7, 11) is 0. The van der Waals surface area contributed by atoms with E-state index in [0.29, 0.717) is 11.4 Å². The number of rotatable bonds is 2. The van der Waals surface area contributed by atoms with Crippen molar-refractivity contribution in [1.29, 1.82) is 0 Å². The Morgan fingerprint density at radius 1 is 0.800 bits per heavy atom. The van der Waals surface area contributed by atoms with Gasteiger partial charge in [0.25, 0.3) is 11.4 Å². The number of carbonyl (C=O) groups is 1. The Bertz CT molecular complexity index is 740. The molecule has 3 rings (SSSR count). The smallest absolute Gasteiger partial charge is 0.307 e. The Kier molecular flexibility index (Phi) is 2.30. The molecule has 1 heterocycles. The van der Waals surface area contributed by atoms with Crippen LogP contribution in [0.2, 0.25) is 0 Å². The highest BCUT2D eigenvalue weighted by atomic mass is 16.6. The molecule has 100 valence electrons. The number of benzene rings is 2. The lowest BCUT2D eigenvalue weighted by molar-refractivity contribution is -0.390. The topological polar surface area (TPSA) is 127 Å². The molecule has 2 aromatic rings. The number of urea groups is 1. The Morgan fingerprint density at radius 3 is 1.65 bits per heavy atom. The molecule has 20 heavy (non-hydrogen) atoms. The van der Waals surface area contributed by atoms with Gasteiger partial charge >= 0.3 is 6.03 Å². The minimum atomic E-state index is -0.688. The average Bonchev–Trinajstić information content (AvgIpc) is 2.38. The largest absolute Gasteiger partial charge is 0.323 e. The molecule has 0 radical (unpaired) electrons. The van der Waals surface area contributed by atoms with Crippen molar-refractivity contribution in [3.05, 3.63) is 44.5 Å². The maximum atomic E-state index is 11.4. The molecule has 0 spiro atoms. The Hall–Kier alpha value is -3.23. The monoisotopic (exact) mass is 274 g/mol. The van der Waals surface area contributed by atoms with Crippen molar-refractivity contribution in [3.63, 3.8) is 0 Å². The first kappa shape index (κ1) is 11.8. The first-order valence-corrected chi connectivity index (χ1v) is 5.45. The fourth-order valence-electron chi connectivity index (χ4n) is 2.25. The summed E-state index contributed by atoms with van der Waals surface area (Å²) < 4.78 is 0. The number of nitrogens with one attached hydrogen (secondary N) is 2. The Balaban J connectivity index is 2.50. The molecule has 0 unspecified atom stereocenters. The normalized spacial score (nSPS) is 12.7. The van der Waals surface area contributed by atoms with E-state index in [2.05, 4.69) is 10.6 Å². The molecular formula is C11H6N4O5. The molecule has 0 aromatic heterocycles. The van der Waals surface area contributed by atoms with E-state index >= 15 is 0 Å². The highest BCUT2D eigenvalue weighted by Gasteiger charge is 2.28. The highest BCUT2D eigenvalue weighted by Crippen LogP contribution is 2.43. The minimum Gasteiger partial charge on any atom is -0.307 e. The first-order chi connectivity index (χ1) is 9.49. The zero-order valence-electron chi connectivity index (χ0n) is 9.75. The number of nitro groups is 2. The molecule has 1 aliphatic rings. The van der Waals surface area contributed by atoms with Crippen molar-refractivity contribution in [2.45, 2.75) is 0 Å². The maximum Gasteiger partial charge on any atom is 0.323 e. The summed E-state index contributed by atoms with van der Waals surface area (Å²) in [4.78, 5) is 32.2. The van der Waals surface area contributed by atoms with Crippen molar-refractivity contribution in [1.82, 2.24) is 0 Å². The molecule has 0 aliphatic carbocycles. The molecule has 2 aromatic carbocycles. The second-order valence-electron chi connectivity index (χ2n) is 4.11. The second-order valence-corrected chi connectivity index (χ2v) is 4.11. The number of hydrogen-bond acceptors (Lipinski definition) is 5. The van der Waals surface area contributed by atoms with Crippen LogP contribution in [0.3, 0.4) is 0 Å². The third-order valence-corrected chi connectivity index (χ3v) is 3.01. The molecule has 0 saturated carbocycles. The number of nitro benzene ring substituents is 2. The quantitative estimate of drug-likeness (QED) is 0.642. The fourth-order valence-corrected chi connectivity index (χ4v) is 2.25. The lowest BCUT2D eigenvalue weighted by atomic mass is 10.0. The predicted molar refractivity (Wildman–Crippen MR) is 69.9 cm³/mol. The van der Waals surface area contributed by atoms with E-state index in [1.807, 2.05) is 0 Å². The fraction of sp³-hybridized carbons (Fsp3) is 0. The van der Waals surface area contributed by atoms with Gasteiger partial charge in [0.2, 0.25) is 0 Å². The van der Waals surface area contributed by atoms with Crippen molar-refractivity contribution >= 4 is 39.6 Å². The third-order valence-electron chi connectivity index (χ3n) is 3.01. The van der Waals surface area contributed by atoms with Gasteiger partial charge in [-0.25, -0.2) is 4.79 Å². The van der Waals surface area contributed by atoms with E-state index in [1.54, 1.807) is 0 Å². The van der Waals surface area contributed by atoms with E-state index in [1.165, 1.54) is 12.1 Å². The van der Waals surface area contributed by atoms with Gasteiger partial charge in [-0.2, -0.15) is 0 Å². The van der Waals surface area contributed by atoms with Gasteiger partial charge in [0.05, 0.1) is 21.2 Å². The standard InChI is InChI=1S/C11H6N4O5/c16-11-12-5-1-3-7(14(17)18)10-8(15(19)20)4-2-6(13-11)9(5)10/h1-4H,(H2,12,13,16). The van der Waals surface area contributed by atoms with Gasteiger partial charge in [-0.3, -0.25) is 20.2 Å². The lowest BCUT2D eigenvalue weighted by Gasteiger charge is -2.18. The van der Waals surface area contributed by atoms with Gasteiger partial charge in [-0.05, 0) is 12.1 Å². The van der Waals surface area contributed by atoms with Crippen molar-refractivity contribution in [2.75, 3.05) is 10.6 Å². The Morgan fingerprint density at radius 2 is 1.25 bits per heavy atom. The van der Waals surface area contributed by atoms with Gasteiger partial charge in [-0.15, -0.1) is 0 Å². The van der Waals surface area contributed by atoms with Crippen LogP contribution >= 0.6 is 0 Å². The summed E-state index contributed by atoms with van der Waals surface area (Å²) in [6.45, 7) is 0. The van der Waals surface area contributed by atoms with Crippen LogP contribution in [0.5, 0.6) is 0 Å². The van der Waals surface area contributed by atoms with E-state index in [4.69, 9.17) is 0 Å². The van der Waals surface area contributed by atoms with Crippen LogP contribution in [-0.2, 0) is 0 Å². The number of amides is 2. The van der Waals surface area contributed by atoms with Crippen LogP contribution in [0.15, 0.2) is 24.3 Å². The molecule has 1 aliphatic heterocycles. The number of non-ortho nitro benzene ring substituents is 2. The van der Waals surface area contributed by atoms with Crippen molar-refractivity contribution < 1.29 is 14.6 Å². The van der Waals surface area contributed by atoms with Crippen LogP contribution in [0.4, 0.5) is 27.5 Å². The van der Waals surface area contributed by atoms with Crippen LogP contribution in [0.1, 0.15) is 0 Å². The minimum absolute atomic E-state index is 0.109. The molecule has 2 N–H and O–H groups in total. The SMILES string of the molecule is O=C1Nc2ccc([N+](=O)[O-])c3c([N+](=O)[O-])ccc(c23)N1. The van der Waals surface area contributed by atoms with Gasteiger partial charge in [0.1, 0.15) is 5.39 Å². The highest BCUT2D eigenvalue weighted by molar-refractivity contribution is 6.21. The molecule has 9 heteroatoms. The van der Waals surface area contributed by atoms with Gasteiger partial charge in [0.15, 0.2) is 0 Å². The maximum absolute atomic E-state index is 11.4. The molecule has 9 nitrogen and oxygen atoms in total. The molecule has 0 bridgehead atoms. The number of hydrogen-bond donors (Lipinski definition) is 2. The summed E-state index contributed by atoms with van der Waals surface area (Å²) in [5.74, 6) is 0. The van der Waals surface area contributed by atoms with E-state index in [0.717, 1.165) is 12.1 Å². The van der Waals surface area contributed by atoms with Crippen LogP contribution in [0.25, 0.3) is 10.8 Å². The lowest BCUT2D eigenvalue weighted by Crippen LogP contribution is -2.23. The average molecular weight is 274 g/mol. The zero-order chi connectivity index (χ0) is 14.4. The molecule has 0 fully saturated rings. The zero-order valence-corrected chi connectivity index (χ0v) is 9.75. The van der Waals surface area contributed by atoms with E-state index < -0.39 is 15.9 Å². The van der Waals surface area contributed by atoms with Gasteiger partial charge < -0.3 is 10.6 Å². The summed E-state index contributed by atoms with van der Waals surface area (Å²) in [6, 6.07) is 4.49. The van der Waals surface area contributed by atoms with Crippen LogP contribution in [-0.4, -0.2) is 15.9 Å². The van der Waals surface area contributed by atoms with Crippen molar-refractivity contribution in [2.24, 2.45) is 0 Å². The van der Waals surface area contributed by atoms with Gasteiger partial charge in [0, 0.05) is 17.5 Å². The first-order valence-electron chi connectivity index (χ1n) is 5.45. The summed E-state index contributed by atoms with van der Waals surface area (Å²) in [5, 5.41) is 27.2. The predicted octanol–water partition coefficient (Wildman–Crippen LogP) is 2.61. The van der Waals surface area contributed by atoms with Crippen molar-refractivity contribution in [3.8, 4) is 0 Å². The Labute approximate surface area is 110 Å². The second kappa shape index (κ2) is 3.88. The summed E-state index contributed by atoms with van der Waals surface area (Å²) in [6.07, 6.45) is 0. The summed E-state index contributed by atoms with van der Waals surface area (Å²) >= 11 is 0. The molecule has 2 amide bonds.